The maximum absolute atomic E-state index is 12.7. The molecule has 1 aromatic carbocycles. The molecule has 27 heavy (non-hydrogen) atoms. The van der Waals surface area contributed by atoms with Gasteiger partial charge in [-0.3, -0.25) is 4.90 Å². The van der Waals surface area contributed by atoms with Crippen molar-refractivity contribution < 1.29 is 23.9 Å². The number of carbonyl (C=O) groups is 3. The number of hydrogen-bond donors (Lipinski definition) is 0. The van der Waals surface area contributed by atoms with Gasteiger partial charge in [-0.2, -0.15) is 0 Å². The minimum atomic E-state index is -0.541. The van der Waals surface area contributed by atoms with Crippen molar-refractivity contribution in [3.8, 4) is 0 Å². The molecule has 0 bridgehead atoms. The first-order valence-corrected chi connectivity index (χ1v) is 8.81. The van der Waals surface area contributed by atoms with E-state index in [4.69, 9.17) is 4.74 Å². The molecular formula is C19H27N3O5. The van der Waals surface area contributed by atoms with E-state index in [-0.39, 0.29) is 12.1 Å². The molecule has 2 rings (SSSR count). The molecule has 1 aliphatic heterocycles. The molecule has 1 saturated heterocycles. The molecule has 3 amide bonds. The van der Waals surface area contributed by atoms with Crippen LogP contribution in [0, 0.1) is 0 Å². The highest BCUT2D eigenvalue weighted by Gasteiger charge is 2.29. The third kappa shape index (κ3) is 5.35. The van der Waals surface area contributed by atoms with Crippen LogP contribution >= 0.6 is 0 Å². The van der Waals surface area contributed by atoms with E-state index in [2.05, 4.69) is 4.74 Å². The van der Waals surface area contributed by atoms with Crippen molar-refractivity contribution in [3.63, 3.8) is 0 Å². The summed E-state index contributed by atoms with van der Waals surface area (Å²) in [6.45, 7) is 7.19. The molecule has 0 atom stereocenters. The van der Waals surface area contributed by atoms with Crippen LogP contribution in [0.5, 0.6) is 0 Å². The zero-order valence-corrected chi connectivity index (χ0v) is 16.5. The molecule has 0 N–H and O–H groups in total. The van der Waals surface area contributed by atoms with Crippen LogP contribution in [-0.2, 0) is 9.47 Å². The first kappa shape index (κ1) is 20.5. The molecule has 1 fully saturated rings. The Labute approximate surface area is 159 Å². The van der Waals surface area contributed by atoms with Crippen molar-refractivity contribution in [1.29, 1.82) is 0 Å². The summed E-state index contributed by atoms with van der Waals surface area (Å²) in [7, 11) is 3.00. The van der Waals surface area contributed by atoms with Crippen LogP contribution in [0.3, 0.4) is 0 Å². The number of benzene rings is 1. The molecule has 0 spiro atoms. The van der Waals surface area contributed by atoms with Crippen molar-refractivity contribution in [2.45, 2.75) is 26.4 Å². The molecule has 1 aliphatic rings. The summed E-state index contributed by atoms with van der Waals surface area (Å²) in [4.78, 5) is 41.1. The second kappa shape index (κ2) is 8.28. The number of methoxy groups -OCH3 is 1. The van der Waals surface area contributed by atoms with Gasteiger partial charge in [-0.15, -0.1) is 0 Å². The van der Waals surface area contributed by atoms with Crippen LogP contribution in [0.1, 0.15) is 31.1 Å². The largest absolute Gasteiger partial charge is 0.465 e. The van der Waals surface area contributed by atoms with E-state index in [1.165, 1.54) is 12.0 Å². The number of rotatable bonds is 2. The molecule has 148 valence electrons. The molecule has 8 nitrogen and oxygen atoms in total. The summed E-state index contributed by atoms with van der Waals surface area (Å²) < 4.78 is 10.0. The Morgan fingerprint density at radius 2 is 1.48 bits per heavy atom. The maximum Gasteiger partial charge on any atom is 0.410 e. The minimum Gasteiger partial charge on any atom is -0.465 e. The molecule has 1 aromatic rings. The highest BCUT2D eigenvalue weighted by atomic mass is 16.6. The van der Waals surface area contributed by atoms with Gasteiger partial charge in [0.15, 0.2) is 0 Å². The zero-order chi connectivity index (χ0) is 20.2. The molecule has 0 radical (unpaired) electrons. The van der Waals surface area contributed by atoms with Gasteiger partial charge in [0, 0.05) is 38.9 Å². The van der Waals surface area contributed by atoms with E-state index in [9.17, 15) is 14.4 Å². The van der Waals surface area contributed by atoms with E-state index in [1.54, 1.807) is 41.1 Å². The van der Waals surface area contributed by atoms with Crippen LogP contribution in [0.2, 0.25) is 0 Å². The monoisotopic (exact) mass is 377 g/mol. The van der Waals surface area contributed by atoms with Gasteiger partial charge in [-0.25, -0.2) is 14.4 Å². The quantitative estimate of drug-likeness (QED) is 0.740. The maximum atomic E-state index is 12.7. The third-order valence-electron chi connectivity index (χ3n) is 4.16. The molecule has 1 heterocycles. The lowest BCUT2D eigenvalue weighted by molar-refractivity contribution is 0.0172. The molecule has 8 heteroatoms. The number of urea groups is 1. The fourth-order valence-electron chi connectivity index (χ4n) is 2.67. The van der Waals surface area contributed by atoms with Gasteiger partial charge in [0.2, 0.25) is 0 Å². The van der Waals surface area contributed by atoms with Gasteiger partial charge in [0.1, 0.15) is 5.60 Å². The van der Waals surface area contributed by atoms with Crippen molar-refractivity contribution in [3.05, 3.63) is 29.8 Å². The standard InChI is InChI=1S/C19H27N3O5/c1-19(2,3)27-18(25)22-12-10-21(11-13-22)17(24)20(4)15-8-6-14(7-9-15)16(23)26-5/h6-9H,10-13H2,1-5H3. The van der Waals surface area contributed by atoms with Crippen LogP contribution in [0.25, 0.3) is 0 Å². The van der Waals surface area contributed by atoms with Crippen molar-refractivity contribution in [1.82, 2.24) is 9.80 Å². The first-order valence-electron chi connectivity index (χ1n) is 8.81. The van der Waals surface area contributed by atoms with Gasteiger partial charge in [-0.1, -0.05) is 0 Å². The Bertz CT molecular complexity index is 688. The Hall–Kier alpha value is -2.77. The summed E-state index contributed by atoms with van der Waals surface area (Å²) in [5.41, 5.74) is 0.552. The lowest BCUT2D eigenvalue weighted by atomic mass is 10.2. The van der Waals surface area contributed by atoms with Gasteiger partial charge in [0.25, 0.3) is 0 Å². The molecule has 0 saturated carbocycles. The number of hydrogen-bond acceptors (Lipinski definition) is 5. The fourth-order valence-corrected chi connectivity index (χ4v) is 2.67. The van der Waals surface area contributed by atoms with Crippen LogP contribution in [0.15, 0.2) is 24.3 Å². The van der Waals surface area contributed by atoms with Crippen LogP contribution in [-0.4, -0.2) is 73.8 Å². The normalized spacial score (nSPS) is 14.6. The highest BCUT2D eigenvalue weighted by molar-refractivity contribution is 5.93. The molecular weight excluding hydrogens is 350 g/mol. The van der Waals surface area contributed by atoms with Crippen molar-refractivity contribution >= 4 is 23.8 Å². The van der Waals surface area contributed by atoms with Gasteiger partial charge >= 0.3 is 18.1 Å². The molecule has 0 aliphatic carbocycles. The lowest BCUT2D eigenvalue weighted by Crippen LogP contribution is -2.54. The number of piperazine rings is 1. The molecule has 0 aromatic heterocycles. The second-order valence-electron chi connectivity index (χ2n) is 7.33. The number of anilines is 1. The van der Waals surface area contributed by atoms with Crippen molar-refractivity contribution in [2.75, 3.05) is 45.2 Å². The number of esters is 1. The summed E-state index contributed by atoms with van der Waals surface area (Å²) in [5, 5.41) is 0. The lowest BCUT2D eigenvalue weighted by Gasteiger charge is -2.37. The van der Waals surface area contributed by atoms with Gasteiger partial charge in [-0.05, 0) is 45.0 Å². The number of nitrogens with zero attached hydrogens (tertiary/aromatic N) is 3. The molecule has 0 unspecified atom stereocenters. The Morgan fingerprint density at radius 3 is 1.96 bits per heavy atom. The SMILES string of the molecule is COC(=O)c1ccc(N(C)C(=O)N2CCN(C(=O)OC(C)(C)C)CC2)cc1. The third-order valence-corrected chi connectivity index (χ3v) is 4.16. The fraction of sp³-hybridized carbons (Fsp3) is 0.526. The summed E-state index contributed by atoms with van der Waals surface area (Å²) in [5.74, 6) is -0.422. The Morgan fingerprint density at radius 1 is 0.963 bits per heavy atom. The zero-order valence-electron chi connectivity index (χ0n) is 16.5. The number of carbonyl (C=O) groups excluding carboxylic acids is 3. The van der Waals surface area contributed by atoms with E-state index in [0.717, 1.165) is 0 Å². The van der Waals surface area contributed by atoms with E-state index in [0.29, 0.717) is 37.4 Å². The van der Waals surface area contributed by atoms with E-state index in [1.807, 2.05) is 20.8 Å². The minimum absolute atomic E-state index is 0.162. The average Bonchev–Trinajstić information content (AvgIpc) is 2.65. The highest BCUT2D eigenvalue weighted by Crippen LogP contribution is 2.18. The smallest absolute Gasteiger partial charge is 0.410 e. The average molecular weight is 377 g/mol. The summed E-state index contributed by atoms with van der Waals surface area (Å²) in [6, 6.07) is 6.46. The predicted molar refractivity (Wildman–Crippen MR) is 101 cm³/mol. The topological polar surface area (TPSA) is 79.4 Å². The Balaban J connectivity index is 1.93. The summed E-state index contributed by atoms with van der Waals surface area (Å²) in [6.07, 6.45) is -0.360. The van der Waals surface area contributed by atoms with Gasteiger partial charge in [0.05, 0.1) is 12.7 Å². The van der Waals surface area contributed by atoms with E-state index >= 15 is 0 Å². The number of amides is 3. The first-order chi connectivity index (χ1) is 12.6. The summed E-state index contributed by atoms with van der Waals surface area (Å²) >= 11 is 0. The van der Waals surface area contributed by atoms with Crippen LogP contribution < -0.4 is 4.90 Å². The Kier molecular flexibility index (Phi) is 6.30. The van der Waals surface area contributed by atoms with E-state index < -0.39 is 11.6 Å². The second-order valence-corrected chi connectivity index (χ2v) is 7.33. The number of ether oxygens (including phenoxy) is 2. The van der Waals surface area contributed by atoms with Gasteiger partial charge < -0.3 is 19.3 Å². The predicted octanol–water partition coefficient (Wildman–Crippen LogP) is 2.58. The van der Waals surface area contributed by atoms with Crippen LogP contribution in [0.4, 0.5) is 15.3 Å². The van der Waals surface area contributed by atoms with Crippen molar-refractivity contribution in [2.24, 2.45) is 0 Å².